The van der Waals surface area contributed by atoms with Crippen molar-refractivity contribution in [2.45, 2.75) is 50.2 Å². The molecule has 3 N–H and O–H groups in total. The van der Waals surface area contributed by atoms with Crippen molar-refractivity contribution in [2.75, 3.05) is 13.6 Å². The van der Waals surface area contributed by atoms with Crippen molar-refractivity contribution in [3.63, 3.8) is 0 Å². The molecule has 1 saturated heterocycles. The van der Waals surface area contributed by atoms with Gasteiger partial charge in [-0.15, -0.1) is 11.3 Å². The Morgan fingerprint density at radius 3 is 2.80 bits per heavy atom. The molecule has 2 rings (SSSR count). The molecule has 0 radical (unpaired) electrons. The van der Waals surface area contributed by atoms with Gasteiger partial charge in [0.25, 0.3) is 0 Å². The molecule has 0 spiro atoms. The number of piperidine rings is 1. The minimum absolute atomic E-state index is 0.0202. The lowest BCUT2D eigenvalue weighted by Gasteiger charge is -2.35. The Labute approximate surface area is 125 Å². The number of nitrogens with one attached hydrogen (secondary N) is 1. The van der Waals surface area contributed by atoms with Crippen molar-refractivity contribution in [1.29, 1.82) is 0 Å². The summed E-state index contributed by atoms with van der Waals surface area (Å²) in [5.41, 5.74) is 5.58. The summed E-state index contributed by atoms with van der Waals surface area (Å²) < 4.78 is 27.8. The number of likely N-dealkylation sites (tertiary alicyclic amines) is 1. The molecule has 0 aromatic carbocycles. The highest BCUT2D eigenvalue weighted by molar-refractivity contribution is 7.89. The lowest BCUT2D eigenvalue weighted by atomic mass is 10.0. The van der Waals surface area contributed by atoms with E-state index in [2.05, 4.69) is 23.6 Å². The molecule has 1 aliphatic rings. The highest BCUT2D eigenvalue weighted by atomic mass is 32.2. The molecule has 2 atom stereocenters. The second-order valence-electron chi connectivity index (χ2n) is 5.51. The van der Waals surface area contributed by atoms with E-state index in [0.29, 0.717) is 17.5 Å². The molecule has 20 heavy (non-hydrogen) atoms. The van der Waals surface area contributed by atoms with E-state index < -0.39 is 10.0 Å². The molecule has 5 nitrogen and oxygen atoms in total. The maximum absolute atomic E-state index is 12.5. The third-order valence-corrected chi connectivity index (χ3v) is 6.79. The van der Waals surface area contributed by atoms with Crippen molar-refractivity contribution in [2.24, 2.45) is 5.73 Å². The third kappa shape index (κ3) is 3.40. The van der Waals surface area contributed by atoms with Crippen molar-refractivity contribution in [1.82, 2.24) is 9.62 Å². The van der Waals surface area contributed by atoms with Gasteiger partial charge in [0.15, 0.2) is 0 Å². The number of hydrogen-bond donors (Lipinski definition) is 2. The minimum Gasteiger partial charge on any atom is -0.326 e. The number of sulfonamides is 1. The van der Waals surface area contributed by atoms with E-state index in [1.165, 1.54) is 11.3 Å². The van der Waals surface area contributed by atoms with Crippen LogP contribution in [-0.2, 0) is 16.6 Å². The summed E-state index contributed by atoms with van der Waals surface area (Å²) in [6, 6.07) is 2.12. The summed E-state index contributed by atoms with van der Waals surface area (Å²) in [6.45, 7) is 5.26. The molecule has 0 aliphatic carbocycles. The van der Waals surface area contributed by atoms with E-state index in [4.69, 9.17) is 5.73 Å². The first-order valence-corrected chi connectivity index (χ1v) is 9.15. The van der Waals surface area contributed by atoms with Crippen LogP contribution in [0.25, 0.3) is 0 Å². The fourth-order valence-corrected chi connectivity index (χ4v) is 5.37. The molecule has 7 heteroatoms. The maximum Gasteiger partial charge on any atom is 0.241 e. The zero-order chi connectivity index (χ0) is 14.9. The van der Waals surface area contributed by atoms with Gasteiger partial charge in [0.05, 0.1) is 4.90 Å². The predicted molar refractivity (Wildman–Crippen MR) is 82.4 cm³/mol. The first-order chi connectivity index (χ1) is 9.33. The maximum atomic E-state index is 12.5. The van der Waals surface area contributed by atoms with Gasteiger partial charge >= 0.3 is 0 Å². The Morgan fingerprint density at radius 1 is 1.55 bits per heavy atom. The molecule has 1 aromatic rings. The van der Waals surface area contributed by atoms with Crippen molar-refractivity contribution in [3.8, 4) is 0 Å². The van der Waals surface area contributed by atoms with E-state index in [0.717, 1.165) is 29.1 Å². The molecule has 2 unspecified atom stereocenters. The second-order valence-corrected chi connectivity index (χ2v) is 8.53. The first kappa shape index (κ1) is 15.9. The fourth-order valence-electron chi connectivity index (χ4n) is 2.57. The summed E-state index contributed by atoms with van der Waals surface area (Å²) in [5.74, 6) is 0. The van der Waals surface area contributed by atoms with Gasteiger partial charge in [0, 0.05) is 28.4 Å². The highest BCUT2D eigenvalue weighted by Gasteiger charge is 2.28. The molecule has 1 aromatic heterocycles. The fraction of sp³-hybridized carbons (Fsp3) is 0.692. The van der Waals surface area contributed by atoms with Crippen molar-refractivity contribution >= 4 is 21.4 Å². The van der Waals surface area contributed by atoms with Gasteiger partial charge in [-0.2, -0.15) is 0 Å². The van der Waals surface area contributed by atoms with E-state index in [-0.39, 0.29) is 6.04 Å². The van der Waals surface area contributed by atoms with E-state index in [1.54, 1.807) is 6.07 Å². The van der Waals surface area contributed by atoms with Crippen LogP contribution in [0.5, 0.6) is 0 Å². The zero-order valence-corrected chi connectivity index (χ0v) is 13.9. The summed E-state index contributed by atoms with van der Waals surface area (Å²) in [7, 11) is -1.36. The Kier molecular flexibility index (Phi) is 4.86. The molecule has 2 heterocycles. The van der Waals surface area contributed by atoms with E-state index >= 15 is 0 Å². The molecule has 0 bridgehead atoms. The van der Waals surface area contributed by atoms with Crippen LogP contribution in [-0.4, -0.2) is 39.0 Å². The van der Waals surface area contributed by atoms with Gasteiger partial charge in [-0.1, -0.05) is 0 Å². The van der Waals surface area contributed by atoms with Crippen LogP contribution in [0.2, 0.25) is 0 Å². The normalized spacial score (nSPS) is 25.0. The molecule has 1 fully saturated rings. The van der Waals surface area contributed by atoms with Gasteiger partial charge in [0.2, 0.25) is 10.0 Å². The van der Waals surface area contributed by atoms with E-state index in [1.807, 2.05) is 6.92 Å². The average Bonchev–Trinajstić information content (AvgIpc) is 2.76. The topological polar surface area (TPSA) is 75.4 Å². The number of nitrogens with two attached hydrogens (primary N) is 1. The van der Waals surface area contributed by atoms with Crippen LogP contribution >= 0.6 is 11.3 Å². The first-order valence-electron chi connectivity index (χ1n) is 6.85. The van der Waals surface area contributed by atoms with Crippen LogP contribution < -0.4 is 10.5 Å². The molecule has 0 saturated carbocycles. The minimum atomic E-state index is -3.43. The molecule has 114 valence electrons. The summed E-state index contributed by atoms with van der Waals surface area (Å²) >= 11 is 1.45. The van der Waals surface area contributed by atoms with Gasteiger partial charge in [-0.3, -0.25) is 0 Å². The number of rotatable bonds is 4. The van der Waals surface area contributed by atoms with Crippen LogP contribution in [0.15, 0.2) is 11.0 Å². The van der Waals surface area contributed by atoms with Gasteiger partial charge in [-0.05, 0) is 46.3 Å². The number of aryl methyl sites for hydroxylation is 1. The lowest BCUT2D eigenvalue weighted by molar-refractivity contribution is 0.178. The molecule has 0 amide bonds. The average molecular weight is 317 g/mol. The predicted octanol–water partition coefficient (Wildman–Crippen LogP) is 1.28. The number of nitrogens with zero attached hydrogens (tertiary/aromatic N) is 1. The van der Waals surface area contributed by atoms with E-state index in [9.17, 15) is 8.42 Å². The summed E-state index contributed by atoms with van der Waals surface area (Å²) in [6.07, 6.45) is 1.70. The van der Waals surface area contributed by atoms with Crippen LogP contribution in [0.1, 0.15) is 29.5 Å². The number of hydrogen-bond acceptors (Lipinski definition) is 5. The summed E-state index contributed by atoms with van der Waals surface area (Å²) in [4.78, 5) is 4.35. The highest BCUT2D eigenvalue weighted by Crippen LogP contribution is 2.26. The number of thiophene rings is 1. The molecular weight excluding hydrogens is 294 g/mol. The van der Waals surface area contributed by atoms with Gasteiger partial charge in [-0.25, -0.2) is 13.1 Å². The van der Waals surface area contributed by atoms with Crippen LogP contribution in [0, 0.1) is 6.92 Å². The molecular formula is C13H23N3O2S2. The lowest BCUT2D eigenvalue weighted by Crippen LogP contribution is -2.47. The van der Waals surface area contributed by atoms with Crippen molar-refractivity contribution < 1.29 is 8.42 Å². The second kappa shape index (κ2) is 6.11. The van der Waals surface area contributed by atoms with Crippen LogP contribution in [0.4, 0.5) is 0 Å². The van der Waals surface area contributed by atoms with Gasteiger partial charge in [0.1, 0.15) is 0 Å². The Hall–Kier alpha value is -0.470. The zero-order valence-electron chi connectivity index (χ0n) is 12.2. The Morgan fingerprint density at radius 2 is 2.25 bits per heavy atom. The van der Waals surface area contributed by atoms with Crippen molar-refractivity contribution in [3.05, 3.63) is 15.8 Å². The smallest absolute Gasteiger partial charge is 0.241 e. The third-order valence-electron chi connectivity index (χ3n) is 3.94. The van der Waals surface area contributed by atoms with Crippen LogP contribution in [0.3, 0.4) is 0 Å². The monoisotopic (exact) mass is 317 g/mol. The summed E-state index contributed by atoms with van der Waals surface area (Å²) in [5, 5.41) is 0. The quantitative estimate of drug-likeness (QED) is 0.877. The largest absolute Gasteiger partial charge is 0.326 e. The standard InChI is InChI=1S/C13H23N3O2S2/c1-9-6-11(4-5-16(9)3)15-20(17,18)13-7-12(8-14)19-10(13)2/h7,9,11,15H,4-6,8,14H2,1-3H3. The molecule has 1 aliphatic heterocycles. The SMILES string of the molecule is Cc1sc(CN)cc1S(=O)(=O)NC1CCN(C)C(C)C1. The Bertz CT molecular complexity index is 568. The Balaban J connectivity index is 2.13. The van der Waals surface area contributed by atoms with Gasteiger partial charge < -0.3 is 10.6 Å².